The molecule has 2 amide bonds. The van der Waals surface area contributed by atoms with E-state index in [-0.39, 0.29) is 25.0 Å². The van der Waals surface area contributed by atoms with Crippen LogP contribution in [0.4, 0.5) is 5.69 Å². The van der Waals surface area contributed by atoms with Gasteiger partial charge < -0.3 is 20.1 Å². The number of hydrogen-bond acceptors (Lipinski definition) is 7. The van der Waals surface area contributed by atoms with Crippen LogP contribution in [0.3, 0.4) is 0 Å². The average Bonchev–Trinajstić information content (AvgIpc) is 3.31. The molecule has 0 aromatic heterocycles. The zero-order valence-electron chi connectivity index (χ0n) is 16.5. The van der Waals surface area contributed by atoms with E-state index in [2.05, 4.69) is 20.8 Å². The van der Waals surface area contributed by atoms with Crippen molar-refractivity contribution in [2.75, 3.05) is 12.1 Å². The largest absolute Gasteiger partial charge is 0.454 e. The third-order valence-electron chi connectivity index (χ3n) is 4.64. The Kier molecular flexibility index (Phi) is 5.71. The zero-order valence-corrected chi connectivity index (χ0v) is 17.3. The van der Waals surface area contributed by atoms with Crippen molar-refractivity contribution in [2.24, 2.45) is 10.2 Å². The van der Waals surface area contributed by atoms with E-state index >= 15 is 0 Å². The molecule has 2 aliphatic heterocycles. The third-order valence-corrected chi connectivity index (χ3v) is 5.72. The van der Waals surface area contributed by atoms with Gasteiger partial charge in [0.05, 0.1) is 6.21 Å². The minimum atomic E-state index is -0.547. The summed E-state index contributed by atoms with van der Waals surface area (Å²) in [4.78, 5) is 24.6. The van der Waals surface area contributed by atoms with E-state index < -0.39 is 5.25 Å². The lowest BCUT2D eigenvalue weighted by molar-refractivity contribution is -0.122. The molecule has 2 aromatic carbocycles. The molecule has 9 heteroatoms. The van der Waals surface area contributed by atoms with Crippen LogP contribution in [-0.2, 0) is 9.59 Å². The molecule has 0 saturated carbocycles. The number of thioether (sulfide) groups is 1. The molecule has 2 aromatic rings. The summed E-state index contributed by atoms with van der Waals surface area (Å²) < 4.78 is 10.6. The number of para-hydroxylation sites is 1. The first-order valence-electron chi connectivity index (χ1n) is 9.34. The summed E-state index contributed by atoms with van der Waals surface area (Å²) in [5.41, 5.74) is 3.54. The first kappa shape index (κ1) is 20.0. The second-order valence-electron chi connectivity index (χ2n) is 6.88. The number of carbonyl (C=O) groups is 2. The van der Waals surface area contributed by atoms with Crippen molar-refractivity contribution in [3.8, 4) is 11.5 Å². The number of aryl methyl sites for hydroxylation is 2. The van der Waals surface area contributed by atoms with Gasteiger partial charge >= 0.3 is 0 Å². The molecule has 0 aliphatic carbocycles. The summed E-state index contributed by atoms with van der Waals surface area (Å²) in [6.07, 6.45) is 1.61. The maximum atomic E-state index is 12.4. The van der Waals surface area contributed by atoms with E-state index in [1.807, 2.05) is 38.1 Å². The molecule has 4 rings (SSSR count). The molecule has 30 heavy (non-hydrogen) atoms. The molecule has 8 nitrogen and oxygen atoms in total. The molecule has 2 N–H and O–H groups in total. The van der Waals surface area contributed by atoms with E-state index in [9.17, 15) is 9.59 Å². The predicted octanol–water partition coefficient (Wildman–Crippen LogP) is 2.98. The van der Waals surface area contributed by atoms with Crippen molar-refractivity contribution in [3.63, 3.8) is 0 Å². The van der Waals surface area contributed by atoms with Crippen LogP contribution in [-0.4, -0.2) is 35.2 Å². The number of anilines is 1. The number of nitrogens with zero attached hydrogens (tertiary/aromatic N) is 2. The Hall–Kier alpha value is -3.33. The van der Waals surface area contributed by atoms with Gasteiger partial charge in [-0.05, 0) is 48.7 Å². The molecule has 2 heterocycles. The molecule has 154 valence electrons. The number of rotatable bonds is 5. The standard InChI is InChI=1S/C21H20N4O4S/c1-12-4-3-5-13(2)19(12)23-18(26)9-17-20(27)24-21(30-17)25-22-10-14-6-7-15-16(8-14)29-11-28-15/h3-8,10,17H,9,11H2,1-2H3,(H,23,26)(H,24,25,27)/b22-10+. The zero-order chi connectivity index (χ0) is 21.1. The first-order chi connectivity index (χ1) is 14.5. The van der Waals surface area contributed by atoms with Gasteiger partial charge in [0.1, 0.15) is 5.25 Å². The van der Waals surface area contributed by atoms with Gasteiger partial charge in [0.2, 0.25) is 18.6 Å². The van der Waals surface area contributed by atoms with Crippen molar-refractivity contribution in [1.29, 1.82) is 0 Å². The maximum absolute atomic E-state index is 12.4. The van der Waals surface area contributed by atoms with Crippen LogP contribution in [0.25, 0.3) is 0 Å². The monoisotopic (exact) mass is 424 g/mol. The van der Waals surface area contributed by atoms with Crippen molar-refractivity contribution in [2.45, 2.75) is 25.5 Å². The number of amides is 2. The van der Waals surface area contributed by atoms with Gasteiger partial charge in [-0.2, -0.15) is 5.10 Å². The smallest absolute Gasteiger partial charge is 0.240 e. The number of carbonyl (C=O) groups excluding carboxylic acids is 2. The van der Waals surface area contributed by atoms with Gasteiger partial charge in [0, 0.05) is 12.1 Å². The fourth-order valence-corrected chi connectivity index (χ4v) is 4.02. The van der Waals surface area contributed by atoms with Crippen LogP contribution in [0, 0.1) is 13.8 Å². The van der Waals surface area contributed by atoms with Crippen molar-refractivity contribution >= 4 is 40.6 Å². The number of benzene rings is 2. The molecule has 2 aliphatic rings. The topological polar surface area (TPSA) is 101 Å². The molecule has 1 atom stereocenters. The fourth-order valence-electron chi connectivity index (χ4n) is 3.10. The van der Waals surface area contributed by atoms with Gasteiger partial charge in [-0.1, -0.05) is 30.0 Å². The lowest BCUT2D eigenvalue weighted by Crippen LogP contribution is -2.28. The lowest BCUT2D eigenvalue weighted by Gasteiger charge is -2.12. The summed E-state index contributed by atoms with van der Waals surface area (Å²) in [6, 6.07) is 11.2. The van der Waals surface area contributed by atoms with E-state index in [0.717, 1.165) is 22.4 Å². The van der Waals surface area contributed by atoms with Crippen LogP contribution in [0.15, 0.2) is 46.6 Å². The van der Waals surface area contributed by atoms with E-state index in [0.29, 0.717) is 16.7 Å². The highest BCUT2D eigenvalue weighted by molar-refractivity contribution is 8.15. The maximum Gasteiger partial charge on any atom is 0.240 e. The van der Waals surface area contributed by atoms with E-state index in [4.69, 9.17) is 9.47 Å². The second-order valence-corrected chi connectivity index (χ2v) is 8.07. The minimum Gasteiger partial charge on any atom is -0.454 e. The quantitative estimate of drug-likeness (QED) is 0.568. The van der Waals surface area contributed by atoms with Crippen LogP contribution in [0.1, 0.15) is 23.1 Å². The van der Waals surface area contributed by atoms with E-state index in [1.165, 1.54) is 11.8 Å². The average molecular weight is 424 g/mol. The Labute approximate surface area is 177 Å². The summed E-state index contributed by atoms with van der Waals surface area (Å²) in [5, 5.41) is 13.4. The van der Waals surface area contributed by atoms with Crippen LogP contribution < -0.4 is 20.1 Å². The minimum absolute atomic E-state index is 0.0508. The summed E-state index contributed by atoms with van der Waals surface area (Å²) in [7, 11) is 0. The fraction of sp³-hybridized carbons (Fsp3) is 0.238. The highest BCUT2D eigenvalue weighted by Crippen LogP contribution is 2.32. The Morgan fingerprint density at radius 3 is 2.80 bits per heavy atom. The number of amidine groups is 1. The SMILES string of the molecule is Cc1cccc(C)c1NC(=O)CC1S/C(=N\N=C\c2ccc3c(c2)OCO3)NC1=O. The third kappa shape index (κ3) is 4.46. The second kappa shape index (κ2) is 8.58. The molecule has 0 radical (unpaired) electrons. The molecule has 1 fully saturated rings. The van der Waals surface area contributed by atoms with Crippen LogP contribution >= 0.6 is 11.8 Å². The number of ether oxygens (including phenoxy) is 2. The molecular weight excluding hydrogens is 404 g/mol. The lowest BCUT2D eigenvalue weighted by atomic mass is 10.1. The van der Waals surface area contributed by atoms with Gasteiger partial charge in [0.15, 0.2) is 16.7 Å². The Bertz CT molecular complexity index is 1050. The number of hydrogen-bond donors (Lipinski definition) is 2. The first-order valence-corrected chi connectivity index (χ1v) is 10.2. The molecular formula is C21H20N4O4S. The van der Waals surface area contributed by atoms with Gasteiger partial charge in [-0.25, -0.2) is 0 Å². The molecule has 0 bridgehead atoms. The molecule has 0 spiro atoms. The Balaban J connectivity index is 1.35. The van der Waals surface area contributed by atoms with Crippen molar-refractivity contribution < 1.29 is 19.1 Å². The molecule has 1 unspecified atom stereocenters. The summed E-state index contributed by atoms with van der Waals surface area (Å²) in [5.74, 6) is 0.878. The van der Waals surface area contributed by atoms with Crippen molar-refractivity contribution in [1.82, 2.24) is 5.32 Å². The summed E-state index contributed by atoms with van der Waals surface area (Å²) in [6.45, 7) is 4.07. The number of nitrogens with one attached hydrogen (secondary N) is 2. The normalized spacial score (nSPS) is 18.8. The summed E-state index contributed by atoms with van der Waals surface area (Å²) >= 11 is 1.19. The van der Waals surface area contributed by atoms with Gasteiger partial charge in [-0.3, -0.25) is 9.59 Å². The highest BCUT2D eigenvalue weighted by atomic mass is 32.2. The van der Waals surface area contributed by atoms with Gasteiger partial charge in [-0.15, -0.1) is 5.10 Å². The highest BCUT2D eigenvalue weighted by Gasteiger charge is 2.32. The Morgan fingerprint density at radius 2 is 2.00 bits per heavy atom. The molecule has 1 saturated heterocycles. The predicted molar refractivity (Wildman–Crippen MR) is 116 cm³/mol. The van der Waals surface area contributed by atoms with Crippen LogP contribution in [0.2, 0.25) is 0 Å². The Morgan fingerprint density at radius 1 is 1.23 bits per heavy atom. The number of fused-ring (bicyclic) bond motifs is 1. The van der Waals surface area contributed by atoms with Crippen LogP contribution in [0.5, 0.6) is 11.5 Å². The van der Waals surface area contributed by atoms with E-state index in [1.54, 1.807) is 18.3 Å². The van der Waals surface area contributed by atoms with Crippen molar-refractivity contribution in [3.05, 3.63) is 53.1 Å². The van der Waals surface area contributed by atoms with Gasteiger partial charge in [0.25, 0.3) is 0 Å².